The summed E-state index contributed by atoms with van der Waals surface area (Å²) in [4.78, 5) is 0. The first kappa shape index (κ1) is 15.2. The zero-order valence-electron chi connectivity index (χ0n) is 11.0. The highest BCUT2D eigenvalue weighted by Crippen LogP contribution is 2.21. The van der Waals surface area contributed by atoms with Crippen LogP contribution in [0.3, 0.4) is 0 Å². The first-order valence-electron chi connectivity index (χ1n) is 6.57. The van der Waals surface area contributed by atoms with Crippen LogP contribution >= 0.6 is 0 Å². The van der Waals surface area contributed by atoms with E-state index in [0.29, 0.717) is 26.0 Å². The van der Waals surface area contributed by atoms with E-state index in [9.17, 15) is 16.8 Å². The Balaban J connectivity index is 1.79. The molecule has 2 saturated heterocycles. The maximum atomic E-state index is 12.1. The Morgan fingerprint density at radius 3 is 2.58 bits per heavy atom. The lowest BCUT2D eigenvalue weighted by atomic mass is 10.3. The zero-order valence-corrected chi connectivity index (χ0v) is 12.7. The minimum atomic E-state index is -3.17. The maximum absolute atomic E-state index is 12.1. The second kappa shape index (κ2) is 5.67. The summed E-state index contributed by atoms with van der Waals surface area (Å²) in [5.74, 6) is 0.364. The third kappa shape index (κ3) is 3.90. The molecule has 3 atom stereocenters. The van der Waals surface area contributed by atoms with E-state index in [2.05, 4.69) is 5.32 Å². The number of hydrogen-bond donors (Lipinski definition) is 1. The molecule has 0 amide bonds. The van der Waals surface area contributed by atoms with Crippen LogP contribution in [-0.4, -0.2) is 64.6 Å². The van der Waals surface area contributed by atoms with Crippen LogP contribution in [0.5, 0.6) is 0 Å². The molecule has 2 fully saturated rings. The van der Waals surface area contributed by atoms with Crippen molar-refractivity contribution in [1.82, 2.24) is 5.32 Å². The molecule has 0 radical (unpaired) electrons. The molecule has 0 aromatic rings. The van der Waals surface area contributed by atoms with Crippen LogP contribution in [-0.2, 0) is 24.4 Å². The SMILES string of the molecule is CC1OCCC1S(=O)(=O)CCNC1CCS(=O)(=O)C1. The number of sulfone groups is 2. The molecule has 0 aromatic carbocycles. The van der Waals surface area contributed by atoms with E-state index in [1.807, 2.05) is 0 Å². The van der Waals surface area contributed by atoms with Crippen LogP contribution in [0.1, 0.15) is 19.8 Å². The molecule has 0 aromatic heterocycles. The van der Waals surface area contributed by atoms with Crippen molar-refractivity contribution >= 4 is 19.7 Å². The topological polar surface area (TPSA) is 89.5 Å². The predicted molar refractivity (Wildman–Crippen MR) is 72.7 cm³/mol. The van der Waals surface area contributed by atoms with E-state index >= 15 is 0 Å². The summed E-state index contributed by atoms with van der Waals surface area (Å²) in [6.07, 6.45) is 0.893. The fraction of sp³-hybridized carbons (Fsp3) is 1.00. The highest BCUT2D eigenvalue weighted by Gasteiger charge is 2.35. The van der Waals surface area contributed by atoms with Crippen LogP contribution in [0.15, 0.2) is 0 Å². The lowest BCUT2D eigenvalue weighted by Crippen LogP contribution is -2.38. The predicted octanol–water partition coefficient (Wildman–Crippen LogP) is -0.645. The summed E-state index contributed by atoms with van der Waals surface area (Å²) in [5.41, 5.74) is 0. The Hall–Kier alpha value is -0.180. The van der Waals surface area contributed by atoms with Gasteiger partial charge in [-0.1, -0.05) is 0 Å². The highest BCUT2D eigenvalue weighted by molar-refractivity contribution is 7.92. The lowest BCUT2D eigenvalue weighted by Gasteiger charge is -2.16. The van der Waals surface area contributed by atoms with Crippen molar-refractivity contribution in [3.63, 3.8) is 0 Å². The minimum absolute atomic E-state index is 0.0436. The van der Waals surface area contributed by atoms with Crippen molar-refractivity contribution in [3.8, 4) is 0 Å². The van der Waals surface area contributed by atoms with Crippen molar-refractivity contribution in [2.45, 2.75) is 37.2 Å². The average molecular weight is 311 g/mol. The van der Waals surface area contributed by atoms with Gasteiger partial charge >= 0.3 is 0 Å². The fourth-order valence-corrected chi connectivity index (χ4v) is 6.23. The Morgan fingerprint density at radius 1 is 1.32 bits per heavy atom. The van der Waals surface area contributed by atoms with Gasteiger partial charge in [0.15, 0.2) is 19.7 Å². The van der Waals surface area contributed by atoms with Gasteiger partial charge in [-0.15, -0.1) is 0 Å². The van der Waals surface area contributed by atoms with Crippen molar-refractivity contribution in [2.75, 3.05) is 30.4 Å². The molecule has 0 spiro atoms. The second-order valence-electron chi connectivity index (χ2n) is 5.32. The number of nitrogens with one attached hydrogen (secondary N) is 1. The molecular weight excluding hydrogens is 290 g/mol. The van der Waals surface area contributed by atoms with Gasteiger partial charge in [-0.25, -0.2) is 16.8 Å². The van der Waals surface area contributed by atoms with Crippen LogP contribution in [0, 0.1) is 0 Å². The third-order valence-electron chi connectivity index (χ3n) is 3.82. The summed E-state index contributed by atoms with van der Waals surface area (Å²) < 4.78 is 52.0. The van der Waals surface area contributed by atoms with Crippen LogP contribution in [0.2, 0.25) is 0 Å². The first-order chi connectivity index (χ1) is 8.80. The second-order valence-corrected chi connectivity index (χ2v) is 9.89. The Kier molecular flexibility index (Phi) is 4.54. The zero-order chi connectivity index (χ0) is 14.1. The van der Waals surface area contributed by atoms with Gasteiger partial charge in [0.2, 0.25) is 0 Å². The van der Waals surface area contributed by atoms with Gasteiger partial charge in [-0.05, 0) is 19.8 Å². The summed E-state index contributed by atoms with van der Waals surface area (Å²) in [5, 5.41) is 2.62. The number of hydrogen-bond acceptors (Lipinski definition) is 6. The molecular formula is C11H21NO5S2. The molecule has 0 aliphatic carbocycles. The molecule has 2 heterocycles. The fourth-order valence-electron chi connectivity index (χ4n) is 2.70. The van der Waals surface area contributed by atoms with Crippen molar-refractivity contribution in [2.24, 2.45) is 0 Å². The van der Waals surface area contributed by atoms with E-state index in [1.165, 1.54) is 0 Å². The van der Waals surface area contributed by atoms with Crippen molar-refractivity contribution in [3.05, 3.63) is 0 Å². The Bertz CT molecular complexity index is 513. The van der Waals surface area contributed by atoms with Gasteiger partial charge in [-0.2, -0.15) is 0 Å². The van der Waals surface area contributed by atoms with Gasteiger partial charge < -0.3 is 10.1 Å². The molecule has 112 valence electrons. The van der Waals surface area contributed by atoms with Gasteiger partial charge in [0, 0.05) is 19.2 Å². The van der Waals surface area contributed by atoms with Crippen LogP contribution in [0.25, 0.3) is 0 Å². The summed E-state index contributed by atoms with van der Waals surface area (Å²) >= 11 is 0. The first-order valence-corrected chi connectivity index (χ1v) is 10.1. The molecule has 2 rings (SSSR count). The average Bonchev–Trinajstić information content (AvgIpc) is 2.85. The molecule has 8 heteroatoms. The molecule has 3 unspecified atom stereocenters. The largest absolute Gasteiger partial charge is 0.377 e. The van der Waals surface area contributed by atoms with Gasteiger partial charge in [0.05, 0.1) is 28.6 Å². The standard InChI is InChI=1S/C11H21NO5S2/c1-9-11(2-5-17-9)19(15,16)7-4-12-10-3-6-18(13,14)8-10/h9-12H,2-8H2,1H3. The smallest absolute Gasteiger partial charge is 0.157 e. The lowest BCUT2D eigenvalue weighted by molar-refractivity contribution is 0.126. The summed E-state index contributed by atoms with van der Waals surface area (Å²) in [6, 6.07) is -0.0996. The van der Waals surface area contributed by atoms with Gasteiger partial charge in [0.25, 0.3) is 0 Å². The summed E-state index contributed by atoms with van der Waals surface area (Å²) in [7, 11) is -6.08. The van der Waals surface area contributed by atoms with Gasteiger partial charge in [-0.3, -0.25) is 0 Å². The minimum Gasteiger partial charge on any atom is -0.377 e. The van der Waals surface area contributed by atoms with E-state index in [4.69, 9.17) is 4.74 Å². The van der Waals surface area contributed by atoms with Crippen molar-refractivity contribution < 1.29 is 21.6 Å². The van der Waals surface area contributed by atoms with E-state index in [-0.39, 0.29) is 29.4 Å². The van der Waals surface area contributed by atoms with E-state index in [1.54, 1.807) is 6.92 Å². The molecule has 19 heavy (non-hydrogen) atoms. The highest BCUT2D eigenvalue weighted by atomic mass is 32.2. The molecule has 2 aliphatic rings. The normalized spacial score (nSPS) is 34.7. The van der Waals surface area contributed by atoms with E-state index in [0.717, 1.165) is 0 Å². The molecule has 2 aliphatic heterocycles. The maximum Gasteiger partial charge on any atom is 0.157 e. The van der Waals surface area contributed by atoms with Crippen LogP contribution in [0.4, 0.5) is 0 Å². The molecule has 1 N–H and O–H groups in total. The molecule has 0 bridgehead atoms. The number of ether oxygens (including phenoxy) is 1. The Labute approximate surface area is 114 Å². The van der Waals surface area contributed by atoms with Crippen LogP contribution < -0.4 is 5.32 Å². The molecule has 6 nitrogen and oxygen atoms in total. The monoisotopic (exact) mass is 311 g/mol. The Morgan fingerprint density at radius 2 is 2.05 bits per heavy atom. The summed E-state index contributed by atoms with van der Waals surface area (Å²) in [6.45, 7) is 2.59. The third-order valence-corrected chi connectivity index (χ3v) is 7.90. The molecule has 0 saturated carbocycles. The number of rotatable bonds is 5. The van der Waals surface area contributed by atoms with E-state index < -0.39 is 24.9 Å². The quantitative estimate of drug-likeness (QED) is 0.726. The van der Waals surface area contributed by atoms with Crippen molar-refractivity contribution in [1.29, 1.82) is 0 Å². The van der Waals surface area contributed by atoms with Gasteiger partial charge in [0.1, 0.15) is 0 Å².